The van der Waals surface area contributed by atoms with Gasteiger partial charge in [0.05, 0.1) is 33.0 Å². The number of ether oxygens (including phenoxy) is 4. The standard InChI is InChI=1S/C46H36F5NO4/c1-45(2)35-23-25(36-39(47)41(49)43(51)42(50)40(36)48)5-15-32(35)37-31-16-14-30(54-4)24-34(31)44-33(38(37)45)17-18-46(56-44,27-8-12-29(53-3)13-9-27)26-6-10-28(11-7-26)52-19-21-55-22-20-52/h5-18,23-24H,19-22H2,1-4H3. The monoisotopic (exact) mass is 761 g/mol. The van der Waals surface area contributed by atoms with E-state index in [1.54, 1.807) is 20.3 Å². The zero-order chi connectivity index (χ0) is 39.1. The van der Waals surface area contributed by atoms with Gasteiger partial charge in [0.15, 0.2) is 28.9 Å². The van der Waals surface area contributed by atoms with E-state index in [9.17, 15) is 13.2 Å². The van der Waals surface area contributed by atoms with Crippen LogP contribution in [-0.4, -0.2) is 40.5 Å². The topological polar surface area (TPSA) is 40.2 Å². The van der Waals surface area contributed by atoms with Crippen molar-refractivity contribution < 1.29 is 40.9 Å². The van der Waals surface area contributed by atoms with E-state index >= 15 is 8.78 Å². The summed E-state index contributed by atoms with van der Waals surface area (Å²) < 4.78 is 97.3. The third-order valence-corrected chi connectivity index (χ3v) is 11.5. The average molecular weight is 762 g/mol. The Balaban J connectivity index is 1.26. The van der Waals surface area contributed by atoms with E-state index in [0.717, 1.165) is 62.9 Å². The molecular weight excluding hydrogens is 725 g/mol. The Morgan fingerprint density at radius 3 is 1.89 bits per heavy atom. The molecule has 9 rings (SSSR count). The number of rotatable bonds is 6. The third-order valence-electron chi connectivity index (χ3n) is 11.5. The first-order valence-corrected chi connectivity index (χ1v) is 18.3. The number of hydrogen-bond donors (Lipinski definition) is 0. The highest BCUT2D eigenvalue weighted by molar-refractivity contribution is 6.09. The second-order valence-electron chi connectivity index (χ2n) is 14.8. The molecule has 6 aromatic carbocycles. The zero-order valence-electron chi connectivity index (χ0n) is 31.0. The van der Waals surface area contributed by atoms with Gasteiger partial charge in [0, 0.05) is 46.3 Å². The van der Waals surface area contributed by atoms with E-state index in [2.05, 4.69) is 35.2 Å². The first-order chi connectivity index (χ1) is 27.0. The smallest absolute Gasteiger partial charge is 0.200 e. The molecule has 0 amide bonds. The summed E-state index contributed by atoms with van der Waals surface area (Å²) in [6.45, 7) is 6.90. The Kier molecular flexibility index (Phi) is 8.39. The minimum atomic E-state index is -2.20. The molecule has 56 heavy (non-hydrogen) atoms. The average Bonchev–Trinajstić information content (AvgIpc) is 3.48. The summed E-state index contributed by atoms with van der Waals surface area (Å²) in [5.74, 6) is -8.02. The molecule has 284 valence electrons. The second kappa shape index (κ2) is 13.1. The van der Waals surface area contributed by atoms with Crippen molar-refractivity contribution in [3.63, 3.8) is 0 Å². The summed E-state index contributed by atoms with van der Waals surface area (Å²) >= 11 is 0. The van der Waals surface area contributed by atoms with Crippen LogP contribution in [0.4, 0.5) is 27.6 Å². The number of halogens is 5. The lowest BCUT2D eigenvalue weighted by molar-refractivity contribution is 0.122. The second-order valence-corrected chi connectivity index (χ2v) is 14.8. The molecule has 10 heteroatoms. The lowest BCUT2D eigenvalue weighted by Crippen LogP contribution is -2.37. The van der Waals surface area contributed by atoms with E-state index in [1.165, 1.54) is 12.1 Å². The van der Waals surface area contributed by atoms with Crippen molar-refractivity contribution >= 4 is 22.5 Å². The van der Waals surface area contributed by atoms with Gasteiger partial charge in [-0.2, -0.15) is 0 Å². The predicted octanol–water partition coefficient (Wildman–Crippen LogP) is 10.7. The maximum Gasteiger partial charge on any atom is 0.200 e. The van der Waals surface area contributed by atoms with Crippen LogP contribution < -0.4 is 19.1 Å². The molecule has 1 saturated heterocycles. The van der Waals surface area contributed by atoms with Gasteiger partial charge in [-0.05, 0) is 87.8 Å². The summed E-state index contributed by atoms with van der Waals surface area (Å²) in [5, 5.41) is 1.62. The van der Waals surface area contributed by atoms with Crippen molar-refractivity contribution in [2.24, 2.45) is 0 Å². The lowest BCUT2D eigenvalue weighted by atomic mass is 9.76. The summed E-state index contributed by atoms with van der Waals surface area (Å²) in [6.07, 6.45) is 4.11. The van der Waals surface area contributed by atoms with Gasteiger partial charge in [-0.1, -0.05) is 56.3 Å². The molecule has 0 bridgehead atoms. The number of benzene rings is 6. The van der Waals surface area contributed by atoms with Gasteiger partial charge in [0.2, 0.25) is 5.82 Å². The molecule has 2 aliphatic heterocycles. The molecule has 0 radical (unpaired) electrons. The molecule has 2 heterocycles. The summed E-state index contributed by atoms with van der Waals surface area (Å²) in [7, 11) is 3.22. The number of fused-ring (bicyclic) bond motifs is 8. The highest BCUT2D eigenvalue weighted by atomic mass is 19.2. The normalized spacial score (nSPS) is 18.0. The van der Waals surface area contributed by atoms with Crippen LogP contribution in [0.5, 0.6) is 17.2 Å². The van der Waals surface area contributed by atoms with Crippen molar-refractivity contribution in [1.29, 1.82) is 0 Å². The molecule has 6 aromatic rings. The number of nitrogens with zero attached hydrogens (tertiary/aromatic N) is 1. The molecule has 3 aliphatic rings. The Hall–Kier alpha value is -5.87. The Morgan fingerprint density at radius 2 is 1.25 bits per heavy atom. The summed E-state index contributed by atoms with van der Waals surface area (Å²) in [5.41, 5.74) is 3.88. The van der Waals surface area contributed by atoms with E-state index < -0.39 is 45.7 Å². The van der Waals surface area contributed by atoms with Crippen molar-refractivity contribution in [2.75, 3.05) is 45.4 Å². The van der Waals surface area contributed by atoms with Gasteiger partial charge in [0.1, 0.15) is 17.2 Å². The Morgan fingerprint density at radius 1 is 0.643 bits per heavy atom. The van der Waals surface area contributed by atoms with Crippen LogP contribution >= 0.6 is 0 Å². The van der Waals surface area contributed by atoms with Crippen molar-refractivity contribution in [1.82, 2.24) is 0 Å². The minimum absolute atomic E-state index is 0.122. The molecule has 0 spiro atoms. The molecule has 0 aromatic heterocycles. The van der Waals surface area contributed by atoms with Crippen LogP contribution in [0, 0.1) is 29.1 Å². The molecule has 0 N–H and O–H groups in total. The SMILES string of the molecule is COc1ccc(C2(c3ccc(N4CCOCC4)cc3)C=Cc3c4c(c5ccc(OC)cc5c3O2)-c2ccc(-c3c(F)c(F)c(F)c(F)c3F)cc2C4(C)C)cc1. The number of hydrogen-bond acceptors (Lipinski definition) is 5. The van der Waals surface area contributed by atoms with E-state index in [0.29, 0.717) is 36.0 Å². The molecule has 1 atom stereocenters. The highest BCUT2D eigenvalue weighted by Gasteiger charge is 2.45. The van der Waals surface area contributed by atoms with Crippen molar-refractivity contribution in [2.45, 2.75) is 24.9 Å². The Bertz CT molecular complexity index is 2570. The van der Waals surface area contributed by atoms with Gasteiger partial charge in [-0.25, -0.2) is 22.0 Å². The van der Waals surface area contributed by atoms with Gasteiger partial charge < -0.3 is 23.8 Å². The maximum absolute atomic E-state index is 15.1. The van der Waals surface area contributed by atoms with Crippen molar-refractivity contribution in [3.8, 4) is 39.5 Å². The van der Waals surface area contributed by atoms with Crippen LogP contribution in [-0.2, 0) is 15.8 Å². The predicted molar refractivity (Wildman–Crippen MR) is 206 cm³/mol. The fourth-order valence-electron chi connectivity index (χ4n) is 8.66. The molecule has 1 aliphatic carbocycles. The lowest BCUT2D eigenvalue weighted by Gasteiger charge is -2.39. The molecule has 1 unspecified atom stereocenters. The largest absolute Gasteiger partial charge is 0.497 e. The first kappa shape index (κ1) is 35.8. The van der Waals surface area contributed by atoms with Crippen LogP contribution in [0.2, 0.25) is 0 Å². The molecule has 5 nitrogen and oxygen atoms in total. The van der Waals surface area contributed by atoms with Gasteiger partial charge in [0.25, 0.3) is 0 Å². The van der Waals surface area contributed by atoms with Crippen LogP contribution in [0.1, 0.15) is 41.7 Å². The number of morpholine rings is 1. The Labute approximate surface area is 320 Å². The van der Waals surface area contributed by atoms with E-state index in [1.807, 2.05) is 62.4 Å². The molecule has 0 saturated carbocycles. The van der Waals surface area contributed by atoms with Crippen LogP contribution in [0.25, 0.3) is 39.1 Å². The molecular formula is C46H36F5NO4. The first-order valence-electron chi connectivity index (χ1n) is 18.3. The minimum Gasteiger partial charge on any atom is -0.497 e. The van der Waals surface area contributed by atoms with E-state index in [4.69, 9.17) is 18.9 Å². The number of methoxy groups -OCH3 is 2. The summed E-state index contributed by atoms with van der Waals surface area (Å²) in [6, 6.07) is 26.5. The van der Waals surface area contributed by atoms with Crippen LogP contribution in [0.15, 0.2) is 91.0 Å². The maximum atomic E-state index is 15.1. The van der Waals surface area contributed by atoms with Crippen molar-refractivity contribution in [3.05, 3.63) is 148 Å². The fraction of sp³-hybridized carbons (Fsp3) is 0.217. The highest BCUT2D eigenvalue weighted by Crippen LogP contribution is 2.59. The summed E-state index contributed by atoms with van der Waals surface area (Å²) in [4.78, 5) is 2.29. The fourth-order valence-corrected chi connectivity index (χ4v) is 8.66. The quantitative estimate of drug-likeness (QED) is 0.0960. The van der Waals surface area contributed by atoms with Gasteiger partial charge >= 0.3 is 0 Å². The van der Waals surface area contributed by atoms with E-state index in [-0.39, 0.29) is 5.56 Å². The van der Waals surface area contributed by atoms with Crippen LogP contribution in [0.3, 0.4) is 0 Å². The van der Waals surface area contributed by atoms with Gasteiger partial charge in [-0.3, -0.25) is 0 Å². The van der Waals surface area contributed by atoms with Gasteiger partial charge in [-0.15, -0.1) is 0 Å². The molecule has 1 fully saturated rings. The third kappa shape index (κ3) is 5.22. The number of anilines is 1. The zero-order valence-corrected chi connectivity index (χ0v) is 31.0.